The Labute approximate surface area is 171 Å². The lowest BCUT2D eigenvalue weighted by Crippen LogP contribution is -2.24. The van der Waals surface area contributed by atoms with Crippen molar-refractivity contribution < 1.29 is 14.7 Å². The maximum Gasteiger partial charge on any atom is 0.337 e. The highest BCUT2D eigenvalue weighted by Gasteiger charge is 2.23. The third kappa shape index (κ3) is 4.62. The van der Waals surface area contributed by atoms with Crippen molar-refractivity contribution in [1.29, 1.82) is 0 Å². The molecule has 1 amide bonds. The van der Waals surface area contributed by atoms with E-state index < -0.39 is 5.97 Å². The Morgan fingerprint density at radius 1 is 1.17 bits per heavy atom. The molecule has 1 saturated carbocycles. The summed E-state index contributed by atoms with van der Waals surface area (Å²) < 4.78 is 1.33. The summed E-state index contributed by atoms with van der Waals surface area (Å²) in [5.41, 5.74) is 2.85. The van der Waals surface area contributed by atoms with Gasteiger partial charge in [0.1, 0.15) is 0 Å². The minimum atomic E-state index is -1.07. The van der Waals surface area contributed by atoms with Gasteiger partial charge in [-0.2, -0.15) is 4.68 Å². The van der Waals surface area contributed by atoms with Gasteiger partial charge in [-0.25, -0.2) is 4.79 Å². The van der Waals surface area contributed by atoms with Gasteiger partial charge in [0.15, 0.2) is 0 Å². The number of rotatable bonds is 8. The first-order valence-electron chi connectivity index (χ1n) is 9.21. The van der Waals surface area contributed by atoms with Gasteiger partial charge in [-0.15, -0.1) is 5.10 Å². The Balaban J connectivity index is 1.37. The largest absolute Gasteiger partial charge is 0.478 e. The number of aromatic nitrogens is 4. The molecule has 9 heteroatoms. The molecule has 1 heterocycles. The molecule has 0 atom stereocenters. The van der Waals surface area contributed by atoms with Gasteiger partial charge in [-0.3, -0.25) is 4.79 Å². The quantitative estimate of drug-likeness (QED) is 0.550. The van der Waals surface area contributed by atoms with E-state index in [1.54, 1.807) is 18.2 Å². The van der Waals surface area contributed by atoms with E-state index in [4.69, 9.17) is 0 Å². The van der Waals surface area contributed by atoms with Crippen LogP contribution in [0.1, 0.15) is 40.2 Å². The molecule has 1 fully saturated rings. The third-order valence-corrected chi connectivity index (χ3v) is 5.54. The van der Waals surface area contributed by atoms with E-state index in [0.717, 1.165) is 17.3 Å². The minimum Gasteiger partial charge on any atom is -0.478 e. The Bertz CT molecular complexity index is 1050. The summed E-state index contributed by atoms with van der Waals surface area (Å²) in [6.07, 6.45) is 2.48. The highest BCUT2D eigenvalue weighted by Crippen LogP contribution is 2.40. The number of carboxylic acid groups (broad SMARTS) is 1. The number of aromatic carboxylic acids is 1. The number of para-hydroxylation sites is 1. The molecule has 0 spiro atoms. The molecule has 1 aliphatic carbocycles. The van der Waals surface area contributed by atoms with Crippen molar-refractivity contribution in [2.75, 3.05) is 5.75 Å². The highest BCUT2D eigenvalue weighted by molar-refractivity contribution is 7.99. The molecule has 0 unspecified atom stereocenters. The molecule has 4 rings (SSSR count). The minimum absolute atomic E-state index is 0.0849. The number of thioether (sulfide) groups is 1. The Morgan fingerprint density at radius 3 is 2.79 bits per heavy atom. The average Bonchev–Trinajstić information content (AvgIpc) is 3.49. The fraction of sp³-hybridized carbons (Fsp3) is 0.250. The number of benzene rings is 2. The second kappa shape index (κ2) is 8.44. The van der Waals surface area contributed by atoms with E-state index in [9.17, 15) is 14.7 Å². The first kappa shape index (κ1) is 19.1. The van der Waals surface area contributed by atoms with E-state index in [0.29, 0.717) is 23.3 Å². The van der Waals surface area contributed by atoms with Gasteiger partial charge in [-0.05, 0) is 52.4 Å². The summed E-state index contributed by atoms with van der Waals surface area (Å²) in [6.45, 7) is 0.465. The topological polar surface area (TPSA) is 110 Å². The molecule has 1 aliphatic rings. The first-order valence-corrected chi connectivity index (χ1v) is 10.2. The summed E-state index contributed by atoms with van der Waals surface area (Å²) in [5, 5.41) is 24.0. The summed E-state index contributed by atoms with van der Waals surface area (Å²) >= 11 is 1.15. The number of tetrazole rings is 1. The van der Waals surface area contributed by atoms with Crippen LogP contribution in [-0.4, -0.2) is 42.9 Å². The molecular weight excluding hydrogens is 390 g/mol. The molecule has 2 aromatic carbocycles. The smallest absolute Gasteiger partial charge is 0.337 e. The molecule has 8 nitrogen and oxygen atoms in total. The molecule has 0 bridgehead atoms. The van der Waals surface area contributed by atoms with Crippen molar-refractivity contribution in [2.45, 2.75) is 30.5 Å². The lowest BCUT2D eigenvalue weighted by Gasteiger charge is -2.08. The number of hydrogen-bond donors (Lipinski definition) is 2. The number of nitrogens with zero attached hydrogens (tertiary/aromatic N) is 4. The van der Waals surface area contributed by atoms with Crippen LogP contribution in [0, 0.1) is 0 Å². The monoisotopic (exact) mass is 409 g/mol. The van der Waals surface area contributed by atoms with Crippen molar-refractivity contribution in [3.05, 3.63) is 65.2 Å². The van der Waals surface area contributed by atoms with Gasteiger partial charge >= 0.3 is 5.97 Å². The molecule has 1 aromatic heterocycles. The van der Waals surface area contributed by atoms with E-state index in [1.165, 1.54) is 29.2 Å². The molecule has 0 radical (unpaired) electrons. The van der Waals surface area contributed by atoms with Gasteiger partial charge in [-0.1, -0.05) is 48.2 Å². The Morgan fingerprint density at radius 2 is 2.00 bits per heavy atom. The highest BCUT2D eigenvalue weighted by atomic mass is 32.2. The van der Waals surface area contributed by atoms with E-state index in [2.05, 4.69) is 33.0 Å². The molecule has 0 aliphatic heterocycles. The molecule has 148 valence electrons. The first-order chi connectivity index (χ1) is 14.1. The number of nitrogens with one attached hydrogen (secondary N) is 1. The molecular formula is C20H19N5O3S. The van der Waals surface area contributed by atoms with Crippen LogP contribution in [0.3, 0.4) is 0 Å². The van der Waals surface area contributed by atoms with Crippen LogP contribution in [0.15, 0.2) is 53.7 Å². The maximum absolute atomic E-state index is 12.3. The van der Waals surface area contributed by atoms with E-state index in [-0.39, 0.29) is 17.2 Å². The van der Waals surface area contributed by atoms with Crippen LogP contribution in [0.25, 0.3) is 5.69 Å². The van der Waals surface area contributed by atoms with E-state index in [1.807, 2.05) is 12.1 Å². The zero-order valence-electron chi connectivity index (χ0n) is 15.5. The van der Waals surface area contributed by atoms with Crippen molar-refractivity contribution >= 4 is 23.6 Å². The summed E-state index contributed by atoms with van der Waals surface area (Å²) in [5.74, 6) is -0.419. The lowest BCUT2D eigenvalue weighted by atomic mass is 10.1. The summed E-state index contributed by atoms with van der Waals surface area (Å²) in [7, 11) is 0. The van der Waals surface area contributed by atoms with Crippen LogP contribution in [-0.2, 0) is 11.3 Å². The predicted molar refractivity (Wildman–Crippen MR) is 107 cm³/mol. The molecule has 2 N–H and O–H groups in total. The van der Waals surface area contributed by atoms with Crippen molar-refractivity contribution in [3.8, 4) is 5.69 Å². The normalized spacial score (nSPS) is 13.2. The second-order valence-corrected chi connectivity index (χ2v) is 7.72. The SMILES string of the molecule is O=C(CSc1nnnn1-c1ccccc1C(=O)O)NCc1cccc(C2CC2)c1. The second-order valence-electron chi connectivity index (χ2n) is 6.78. The Kier molecular flexibility index (Phi) is 5.57. The fourth-order valence-corrected chi connectivity index (χ4v) is 3.73. The van der Waals surface area contributed by atoms with Crippen molar-refractivity contribution in [2.24, 2.45) is 0 Å². The molecule has 29 heavy (non-hydrogen) atoms. The van der Waals surface area contributed by atoms with Crippen molar-refractivity contribution in [1.82, 2.24) is 25.5 Å². The maximum atomic E-state index is 12.3. The van der Waals surface area contributed by atoms with Gasteiger partial charge in [0.2, 0.25) is 11.1 Å². The number of hydrogen-bond acceptors (Lipinski definition) is 6. The predicted octanol–water partition coefficient (Wildman–Crippen LogP) is 2.65. The summed E-state index contributed by atoms with van der Waals surface area (Å²) in [4.78, 5) is 23.7. The molecule has 0 saturated heterocycles. The number of carbonyl (C=O) groups is 2. The standard InChI is InChI=1S/C20H19N5O3S/c26-18(21-11-13-4-3-5-15(10-13)14-8-9-14)12-29-20-22-23-24-25(20)17-7-2-1-6-16(17)19(27)28/h1-7,10,14H,8-9,11-12H2,(H,21,26)(H,27,28). The van der Waals surface area contributed by atoms with Gasteiger partial charge in [0.25, 0.3) is 0 Å². The average molecular weight is 409 g/mol. The number of carboxylic acids is 1. The Hall–Kier alpha value is -3.20. The lowest BCUT2D eigenvalue weighted by molar-refractivity contribution is -0.118. The number of amides is 1. The van der Waals surface area contributed by atoms with Gasteiger partial charge in [0.05, 0.1) is 17.0 Å². The summed E-state index contributed by atoms with van der Waals surface area (Å²) in [6, 6.07) is 14.8. The van der Waals surface area contributed by atoms with Crippen molar-refractivity contribution in [3.63, 3.8) is 0 Å². The van der Waals surface area contributed by atoms with Gasteiger partial charge < -0.3 is 10.4 Å². The van der Waals surface area contributed by atoms with Crippen LogP contribution >= 0.6 is 11.8 Å². The van der Waals surface area contributed by atoms with E-state index >= 15 is 0 Å². The van der Waals surface area contributed by atoms with Crippen LogP contribution in [0.5, 0.6) is 0 Å². The van der Waals surface area contributed by atoms with Crippen LogP contribution in [0.4, 0.5) is 0 Å². The fourth-order valence-electron chi connectivity index (χ4n) is 3.01. The third-order valence-electron chi connectivity index (χ3n) is 4.63. The van der Waals surface area contributed by atoms with Crippen LogP contribution in [0.2, 0.25) is 0 Å². The van der Waals surface area contributed by atoms with Crippen LogP contribution < -0.4 is 5.32 Å². The van der Waals surface area contributed by atoms with Gasteiger partial charge in [0, 0.05) is 6.54 Å². The zero-order chi connectivity index (χ0) is 20.2. The number of carbonyl (C=O) groups excluding carboxylic acids is 1. The molecule has 3 aromatic rings. The zero-order valence-corrected chi connectivity index (χ0v) is 16.3.